The van der Waals surface area contributed by atoms with Crippen molar-refractivity contribution in [1.82, 2.24) is 15.0 Å². The van der Waals surface area contributed by atoms with Crippen molar-refractivity contribution in [3.05, 3.63) is 89.7 Å². The predicted molar refractivity (Wildman–Crippen MR) is 104 cm³/mol. The van der Waals surface area contributed by atoms with Gasteiger partial charge in [-0.05, 0) is 40.2 Å². The summed E-state index contributed by atoms with van der Waals surface area (Å²) in [5.41, 5.74) is 4.91. The third-order valence-electron chi connectivity index (χ3n) is 3.85. The van der Waals surface area contributed by atoms with Crippen molar-refractivity contribution in [2.75, 3.05) is 0 Å². The van der Waals surface area contributed by atoms with E-state index in [1.807, 2.05) is 60.7 Å². The lowest BCUT2D eigenvalue weighted by Crippen LogP contribution is -1.93. The van der Waals surface area contributed by atoms with Crippen molar-refractivity contribution < 1.29 is 0 Å². The lowest BCUT2D eigenvalue weighted by Gasteiger charge is -2.08. The summed E-state index contributed by atoms with van der Waals surface area (Å²) in [6, 6.07) is 26.1. The molecule has 4 heteroatoms. The lowest BCUT2D eigenvalue weighted by molar-refractivity contribution is 1.15. The van der Waals surface area contributed by atoms with Crippen molar-refractivity contribution >= 4 is 15.9 Å². The van der Waals surface area contributed by atoms with Crippen LogP contribution in [0.2, 0.25) is 0 Å². The van der Waals surface area contributed by atoms with Crippen molar-refractivity contribution in [2.45, 2.75) is 0 Å². The van der Waals surface area contributed by atoms with Crippen molar-refractivity contribution in [1.29, 1.82) is 0 Å². The molecular weight excluding hydrogens is 374 g/mol. The Hall–Kier alpha value is -2.85. The maximum absolute atomic E-state index is 4.75. The first-order valence-corrected chi connectivity index (χ1v) is 8.71. The van der Waals surface area contributed by atoms with E-state index in [0.717, 1.165) is 32.7 Å². The first kappa shape index (κ1) is 15.7. The smallest absolute Gasteiger partial charge is 0.161 e. The summed E-state index contributed by atoms with van der Waals surface area (Å²) in [6.45, 7) is 0. The van der Waals surface area contributed by atoms with Gasteiger partial charge in [-0.15, -0.1) is 0 Å². The molecule has 0 saturated carbocycles. The van der Waals surface area contributed by atoms with Gasteiger partial charge in [0.15, 0.2) is 5.82 Å². The zero-order chi connectivity index (χ0) is 17.1. The van der Waals surface area contributed by atoms with Crippen molar-refractivity contribution in [3.8, 4) is 33.9 Å². The minimum atomic E-state index is 0.702. The number of rotatable bonds is 3. The fourth-order valence-electron chi connectivity index (χ4n) is 2.65. The van der Waals surface area contributed by atoms with Gasteiger partial charge in [-0.1, -0.05) is 54.6 Å². The van der Waals surface area contributed by atoms with Gasteiger partial charge in [0.1, 0.15) is 4.60 Å². The summed E-state index contributed by atoms with van der Waals surface area (Å²) < 4.78 is 0.764. The number of benzene rings is 2. The van der Waals surface area contributed by atoms with E-state index in [4.69, 9.17) is 4.98 Å². The van der Waals surface area contributed by atoms with E-state index in [1.165, 1.54) is 0 Å². The molecule has 3 nitrogen and oxygen atoms in total. The van der Waals surface area contributed by atoms with Gasteiger partial charge in [-0.2, -0.15) is 0 Å². The zero-order valence-corrected chi connectivity index (χ0v) is 14.9. The Morgan fingerprint density at radius 2 is 1.32 bits per heavy atom. The topological polar surface area (TPSA) is 38.7 Å². The monoisotopic (exact) mass is 387 g/mol. The minimum Gasteiger partial charge on any atom is -0.256 e. The normalized spacial score (nSPS) is 10.6. The summed E-state index contributed by atoms with van der Waals surface area (Å²) >= 11 is 3.51. The Morgan fingerprint density at radius 1 is 0.600 bits per heavy atom. The van der Waals surface area contributed by atoms with Gasteiger partial charge < -0.3 is 0 Å². The Morgan fingerprint density at radius 3 is 2.08 bits per heavy atom. The fourth-order valence-corrected chi connectivity index (χ4v) is 3.04. The van der Waals surface area contributed by atoms with E-state index >= 15 is 0 Å². The standard InChI is InChI=1S/C21H14BrN3/c22-20-14-19(24-21(25-20)15-7-2-1-3-8-15)17-10-6-9-16(13-17)18-11-4-5-12-23-18/h1-14H. The van der Waals surface area contributed by atoms with Gasteiger partial charge in [0.2, 0.25) is 0 Å². The quantitative estimate of drug-likeness (QED) is 0.427. The molecule has 0 radical (unpaired) electrons. The molecule has 0 fully saturated rings. The Bertz CT molecular complexity index is 1000. The highest BCUT2D eigenvalue weighted by Gasteiger charge is 2.08. The maximum Gasteiger partial charge on any atom is 0.161 e. The predicted octanol–water partition coefficient (Wildman–Crippen LogP) is 5.64. The van der Waals surface area contributed by atoms with Crippen LogP contribution in [-0.2, 0) is 0 Å². The van der Waals surface area contributed by atoms with Crippen LogP contribution in [0, 0.1) is 0 Å². The summed E-state index contributed by atoms with van der Waals surface area (Å²) in [4.78, 5) is 13.7. The molecule has 2 aromatic carbocycles. The van der Waals surface area contributed by atoms with Gasteiger partial charge >= 0.3 is 0 Å². The second-order valence-corrected chi connectivity index (χ2v) is 6.37. The molecule has 0 saturated heterocycles. The molecule has 0 N–H and O–H groups in total. The molecule has 0 aliphatic carbocycles. The van der Waals surface area contributed by atoms with Crippen LogP contribution in [0.15, 0.2) is 89.7 Å². The maximum atomic E-state index is 4.75. The van der Waals surface area contributed by atoms with Crippen LogP contribution in [0.5, 0.6) is 0 Å². The molecular formula is C21H14BrN3. The van der Waals surface area contributed by atoms with E-state index < -0.39 is 0 Å². The molecule has 0 atom stereocenters. The fraction of sp³-hybridized carbons (Fsp3) is 0. The molecule has 0 bridgehead atoms. The Labute approximate surface area is 154 Å². The number of hydrogen-bond acceptors (Lipinski definition) is 3. The SMILES string of the molecule is Brc1cc(-c2cccc(-c3ccccn3)c2)nc(-c2ccccc2)n1. The summed E-state index contributed by atoms with van der Waals surface area (Å²) in [5.74, 6) is 0.702. The van der Waals surface area contributed by atoms with E-state index in [9.17, 15) is 0 Å². The highest BCUT2D eigenvalue weighted by molar-refractivity contribution is 9.10. The van der Waals surface area contributed by atoms with E-state index in [-0.39, 0.29) is 0 Å². The first-order valence-electron chi connectivity index (χ1n) is 7.91. The zero-order valence-electron chi connectivity index (χ0n) is 13.3. The summed E-state index contributed by atoms with van der Waals surface area (Å²) in [5, 5.41) is 0. The number of nitrogens with zero attached hydrogens (tertiary/aromatic N) is 3. The summed E-state index contributed by atoms with van der Waals surface area (Å²) in [7, 11) is 0. The molecule has 0 aliphatic rings. The summed E-state index contributed by atoms with van der Waals surface area (Å²) in [6.07, 6.45) is 1.80. The van der Waals surface area contributed by atoms with Gasteiger partial charge in [-0.3, -0.25) is 4.98 Å². The molecule has 120 valence electrons. The second kappa shape index (κ2) is 6.95. The van der Waals surface area contributed by atoms with Gasteiger partial charge in [0.05, 0.1) is 11.4 Å². The molecule has 4 aromatic rings. The third-order valence-corrected chi connectivity index (χ3v) is 4.25. The minimum absolute atomic E-state index is 0.702. The van der Waals surface area contributed by atoms with Crippen LogP contribution in [-0.4, -0.2) is 15.0 Å². The average molecular weight is 388 g/mol. The van der Waals surface area contributed by atoms with Crippen LogP contribution < -0.4 is 0 Å². The van der Waals surface area contributed by atoms with Crippen LogP contribution in [0.25, 0.3) is 33.9 Å². The number of aromatic nitrogens is 3. The molecule has 0 aliphatic heterocycles. The first-order chi connectivity index (χ1) is 12.3. The van der Waals surface area contributed by atoms with Crippen molar-refractivity contribution in [2.24, 2.45) is 0 Å². The molecule has 0 unspecified atom stereocenters. The van der Waals surface area contributed by atoms with Crippen LogP contribution in [0.3, 0.4) is 0 Å². The van der Waals surface area contributed by atoms with Gasteiger partial charge in [0.25, 0.3) is 0 Å². The van der Waals surface area contributed by atoms with Crippen LogP contribution in [0.1, 0.15) is 0 Å². The highest BCUT2D eigenvalue weighted by atomic mass is 79.9. The molecule has 0 amide bonds. The number of halogens is 1. The Balaban J connectivity index is 1.79. The second-order valence-electron chi connectivity index (χ2n) is 5.56. The highest BCUT2D eigenvalue weighted by Crippen LogP contribution is 2.27. The Kier molecular flexibility index (Phi) is 4.36. The van der Waals surface area contributed by atoms with Gasteiger partial charge in [-0.25, -0.2) is 9.97 Å². The molecule has 25 heavy (non-hydrogen) atoms. The van der Waals surface area contributed by atoms with Crippen molar-refractivity contribution in [3.63, 3.8) is 0 Å². The largest absolute Gasteiger partial charge is 0.256 e. The van der Waals surface area contributed by atoms with Gasteiger partial charge in [0, 0.05) is 22.9 Å². The lowest BCUT2D eigenvalue weighted by atomic mass is 10.1. The molecule has 2 aromatic heterocycles. The van der Waals surface area contributed by atoms with E-state index in [0.29, 0.717) is 5.82 Å². The van der Waals surface area contributed by atoms with E-state index in [2.05, 4.69) is 44.1 Å². The molecule has 4 rings (SSSR count). The van der Waals surface area contributed by atoms with Crippen LogP contribution >= 0.6 is 15.9 Å². The number of hydrogen-bond donors (Lipinski definition) is 0. The molecule has 2 heterocycles. The third kappa shape index (κ3) is 3.49. The average Bonchev–Trinajstić information content (AvgIpc) is 2.69. The molecule has 0 spiro atoms. The van der Waals surface area contributed by atoms with E-state index in [1.54, 1.807) is 6.20 Å². The number of pyridine rings is 1. The van der Waals surface area contributed by atoms with Crippen LogP contribution in [0.4, 0.5) is 0 Å².